The van der Waals surface area contributed by atoms with Gasteiger partial charge in [-0.15, -0.1) is 11.6 Å². The maximum atomic E-state index is 13.4. The van der Waals surface area contributed by atoms with Gasteiger partial charge in [-0.1, -0.05) is 0 Å². The number of sulfonamides is 1. The minimum Gasteiger partial charge on any atom is -0.207 e. The maximum Gasteiger partial charge on any atom is 0.402 e. The van der Waals surface area contributed by atoms with Crippen LogP contribution in [0.3, 0.4) is 0 Å². The van der Waals surface area contributed by atoms with Crippen LogP contribution >= 0.6 is 11.6 Å². The third-order valence-electron chi connectivity index (χ3n) is 2.20. The summed E-state index contributed by atoms with van der Waals surface area (Å²) >= 11 is 5.26. The molecule has 0 spiro atoms. The van der Waals surface area contributed by atoms with Crippen molar-refractivity contribution in [3.05, 3.63) is 29.8 Å². The SMILES string of the molecule is O=S(=O)(c1ccc(F)cc1F)N(CCCl)CC(F)(F)F. The minimum absolute atomic E-state index is 0.00365. The van der Waals surface area contributed by atoms with Crippen LogP contribution in [-0.2, 0) is 10.0 Å². The molecule has 0 bridgehead atoms. The van der Waals surface area contributed by atoms with E-state index >= 15 is 0 Å². The summed E-state index contributed by atoms with van der Waals surface area (Å²) < 4.78 is 87.0. The third-order valence-corrected chi connectivity index (χ3v) is 4.25. The molecule has 0 aromatic heterocycles. The number of hydrogen-bond donors (Lipinski definition) is 0. The van der Waals surface area contributed by atoms with Crippen LogP contribution in [0, 0.1) is 11.6 Å². The normalized spacial score (nSPS) is 12.9. The van der Waals surface area contributed by atoms with E-state index < -0.39 is 51.7 Å². The summed E-state index contributed by atoms with van der Waals surface area (Å²) in [5.74, 6) is -2.91. The van der Waals surface area contributed by atoms with Crippen molar-refractivity contribution in [2.75, 3.05) is 19.0 Å². The van der Waals surface area contributed by atoms with Crippen LogP contribution in [0.5, 0.6) is 0 Å². The van der Waals surface area contributed by atoms with E-state index in [0.717, 1.165) is 0 Å². The Balaban J connectivity index is 3.22. The van der Waals surface area contributed by atoms with Crippen molar-refractivity contribution in [2.45, 2.75) is 11.1 Å². The number of alkyl halides is 4. The van der Waals surface area contributed by atoms with Gasteiger partial charge in [-0.05, 0) is 12.1 Å². The fraction of sp³-hybridized carbons (Fsp3) is 0.400. The van der Waals surface area contributed by atoms with Gasteiger partial charge in [0.05, 0.1) is 0 Å². The van der Waals surface area contributed by atoms with Crippen LogP contribution in [0.1, 0.15) is 0 Å². The monoisotopic (exact) mass is 337 g/mol. The lowest BCUT2D eigenvalue weighted by Crippen LogP contribution is -2.40. The molecule has 114 valence electrons. The number of hydrogen-bond acceptors (Lipinski definition) is 2. The Kier molecular flexibility index (Phi) is 5.33. The summed E-state index contributed by atoms with van der Waals surface area (Å²) in [4.78, 5) is -1.03. The van der Waals surface area contributed by atoms with E-state index in [1.54, 1.807) is 0 Å². The Morgan fingerprint density at radius 3 is 2.25 bits per heavy atom. The molecular weight excluding hydrogens is 329 g/mol. The van der Waals surface area contributed by atoms with Crippen molar-refractivity contribution in [3.8, 4) is 0 Å². The number of rotatable bonds is 5. The second-order valence-electron chi connectivity index (χ2n) is 3.72. The Labute approximate surface area is 117 Å². The highest BCUT2D eigenvalue weighted by molar-refractivity contribution is 7.89. The highest BCUT2D eigenvalue weighted by Crippen LogP contribution is 2.24. The van der Waals surface area contributed by atoms with Gasteiger partial charge >= 0.3 is 6.18 Å². The first-order chi connectivity index (χ1) is 9.08. The highest BCUT2D eigenvalue weighted by atomic mass is 35.5. The molecule has 0 aliphatic rings. The molecule has 0 atom stereocenters. The fourth-order valence-electron chi connectivity index (χ4n) is 1.40. The summed E-state index contributed by atoms with van der Waals surface area (Å²) in [5.41, 5.74) is 0. The van der Waals surface area contributed by atoms with Crippen molar-refractivity contribution in [2.24, 2.45) is 0 Å². The zero-order chi connectivity index (χ0) is 15.6. The molecule has 0 heterocycles. The molecule has 1 aromatic carbocycles. The van der Waals surface area contributed by atoms with Crippen LogP contribution in [0.4, 0.5) is 22.0 Å². The van der Waals surface area contributed by atoms with E-state index in [1.165, 1.54) is 0 Å². The average molecular weight is 338 g/mol. The smallest absolute Gasteiger partial charge is 0.207 e. The molecule has 0 amide bonds. The first-order valence-electron chi connectivity index (χ1n) is 5.16. The van der Waals surface area contributed by atoms with Gasteiger partial charge in [-0.2, -0.15) is 17.5 Å². The van der Waals surface area contributed by atoms with Crippen LogP contribution in [0.15, 0.2) is 23.1 Å². The maximum absolute atomic E-state index is 13.4. The molecule has 20 heavy (non-hydrogen) atoms. The predicted octanol–water partition coefficient (Wildman–Crippen LogP) is 2.76. The standard InChI is InChI=1S/C10H9ClF5NO2S/c11-3-4-17(6-10(14,15)16)20(18,19)9-2-1-7(12)5-8(9)13/h1-2,5H,3-4,6H2. The van der Waals surface area contributed by atoms with E-state index in [1.807, 2.05) is 0 Å². The van der Waals surface area contributed by atoms with E-state index in [0.29, 0.717) is 12.1 Å². The summed E-state index contributed by atoms with van der Waals surface area (Å²) in [7, 11) is -4.76. The molecule has 0 saturated carbocycles. The zero-order valence-corrected chi connectivity index (χ0v) is 11.4. The molecular formula is C10H9ClF5NO2S. The summed E-state index contributed by atoms with van der Waals surface area (Å²) in [6.07, 6.45) is -4.81. The van der Waals surface area contributed by atoms with Crippen molar-refractivity contribution < 1.29 is 30.4 Å². The van der Waals surface area contributed by atoms with E-state index in [-0.39, 0.29) is 10.4 Å². The molecule has 0 fully saturated rings. The van der Waals surface area contributed by atoms with Gasteiger partial charge in [0.1, 0.15) is 23.1 Å². The molecule has 0 unspecified atom stereocenters. The van der Waals surface area contributed by atoms with Gasteiger partial charge in [-0.25, -0.2) is 17.2 Å². The average Bonchev–Trinajstić information content (AvgIpc) is 2.26. The van der Waals surface area contributed by atoms with Crippen molar-refractivity contribution >= 4 is 21.6 Å². The molecule has 3 nitrogen and oxygen atoms in total. The van der Waals surface area contributed by atoms with Crippen LogP contribution < -0.4 is 0 Å². The molecule has 0 saturated heterocycles. The summed E-state index contributed by atoms with van der Waals surface area (Å²) in [6.45, 7) is -2.46. The molecule has 0 aliphatic heterocycles. The molecule has 0 N–H and O–H groups in total. The van der Waals surface area contributed by atoms with Crippen LogP contribution in [-0.4, -0.2) is 37.9 Å². The highest BCUT2D eigenvalue weighted by Gasteiger charge is 2.37. The number of nitrogens with zero attached hydrogens (tertiary/aromatic N) is 1. The van der Waals surface area contributed by atoms with Crippen molar-refractivity contribution in [1.82, 2.24) is 4.31 Å². The second kappa shape index (κ2) is 6.23. The van der Waals surface area contributed by atoms with Crippen LogP contribution in [0.25, 0.3) is 0 Å². The lowest BCUT2D eigenvalue weighted by atomic mass is 10.3. The molecule has 0 radical (unpaired) electrons. The molecule has 1 rings (SSSR count). The fourth-order valence-corrected chi connectivity index (χ4v) is 3.18. The zero-order valence-electron chi connectivity index (χ0n) is 9.79. The predicted molar refractivity (Wildman–Crippen MR) is 61.9 cm³/mol. The van der Waals surface area contributed by atoms with Gasteiger partial charge in [0.2, 0.25) is 10.0 Å². The van der Waals surface area contributed by atoms with Gasteiger partial charge in [-0.3, -0.25) is 0 Å². The first kappa shape index (κ1) is 17.1. The van der Waals surface area contributed by atoms with Gasteiger partial charge in [0, 0.05) is 18.5 Å². The Morgan fingerprint density at radius 1 is 1.20 bits per heavy atom. The summed E-state index contributed by atoms with van der Waals surface area (Å²) in [6, 6.07) is 1.49. The number of benzene rings is 1. The minimum atomic E-state index is -4.81. The van der Waals surface area contributed by atoms with Gasteiger partial charge in [0.15, 0.2) is 0 Å². The molecule has 1 aromatic rings. The Bertz CT molecular complexity index is 576. The van der Waals surface area contributed by atoms with E-state index in [2.05, 4.69) is 0 Å². The lowest BCUT2D eigenvalue weighted by Gasteiger charge is -2.22. The van der Waals surface area contributed by atoms with Gasteiger partial charge < -0.3 is 0 Å². The van der Waals surface area contributed by atoms with Crippen molar-refractivity contribution in [1.29, 1.82) is 0 Å². The van der Waals surface area contributed by atoms with Crippen LogP contribution in [0.2, 0.25) is 0 Å². The molecule has 10 heteroatoms. The first-order valence-corrected chi connectivity index (χ1v) is 7.13. The second-order valence-corrected chi connectivity index (χ2v) is 6.00. The largest absolute Gasteiger partial charge is 0.402 e. The Hall–Kier alpha value is -0.930. The molecule has 0 aliphatic carbocycles. The van der Waals surface area contributed by atoms with Gasteiger partial charge in [0.25, 0.3) is 0 Å². The summed E-state index contributed by atoms with van der Waals surface area (Å²) in [5, 5.41) is 0. The van der Waals surface area contributed by atoms with E-state index in [9.17, 15) is 30.4 Å². The lowest BCUT2D eigenvalue weighted by molar-refractivity contribution is -0.135. The van der Waals surface area contributed by atoms with Crippen molar-refractivity contribution in [3.63, 3.8) is 0 Å². The third kappa shape index (κ3) is 4.29. The number of halogens is 6. The van der Waals surface area contributed by atoms with E-state index in [4.69, 9.17) is 11.6 Å². The quantitative estimate of drug-likeness (QED) is 0.612. The topological polar surface area (TPSA) is 37.4 Å². The Morgan fingerprint density at radius 2 is 1.80 bits per heavy atom.